The van der Waals surface area contributed by atoms with Crippen molar-refractivity contribution >= 4 is 28.8 Å². The van der Waals surface area contributed by atoms with Gasteiger partial charge in [-0.2, -0.15) is 0 Å². The van der Waals surface area contributed by atoms with Crippen LogP contribution < -0.4 is 19.7 Å². The first-order chi connectivity index (χ1) is 19.7. The maximum absolute atomic E-state index is 13.0. The van der Waals surface area contributed by atoms with Gasteiger partial charge in [0, 0.05) is 42.6 Å². The summed E-state index contributed by atoms with van der Waals surface area (Å²) in [5, 5.41) is 3.58. The number of alkyl halides is 3. The highest BCUT2D eigenvalue weighted by Crippen LogP contribution is 2.27. The monoisotopic (exact) mass is 586 g/mol. The Morgan fingerprint density at radius 2 is 1.73 bits per heavy atom. The minimum atomic E-state index is -4.71. The molecule has 41 heavy (non-hydrogen) atoms. The average molecular weight is 587 g/mol. The standard InChI is InChI=1S/C30H30ClF3N4O3/c1-2-26-28(38-16-13-22(31)17-27(38)36-26)29(39)35-18-20-3-5-23(6-4-20)37-14-11-21(12-15-37)19-40-24-7-9-25(10-8-24)41-30(32,33)34/h3-10,13,16-17,21H,2,11-12,14-15,18-19H2,1H3,(H,35,39). The lowest BCUT2D eigenvalue weighted by molar-refractivity contribution is -0.274. The second-order valence-corrected chi connectivity index (χ2v) is 10.4. The van der Waals surface area contributed by atoms with Crippen molar-refractivity contribution < 1.29 is 27.4 Å². The third-order valence-corrected chi connectivity index (χ3v) is 7.36. The molecule has 1 amide bonds. The Morgan fingerprint density at radius 3 is 2.39 bits per heavy atom. The highest BCUT2D eigenvalue weighted by atomic mass is 35.5. The second kappa shape index (κ2) is 12.3. The summed E-state index contributed by atoms with van der Waals surface area (Å²) in [6, 6.07) is 17.1. The van der Waals surface area contributed by atoms with Gasteiger partial charge in [-0.3, -0.25) is 9.20 Å². The Hall–Kier alpha value is -3.92. The number of nitrogens with one attached hydrogen (secondary N) is 1. The Morgan fingerprint density at radius 1 is 1.05 bits per heavy atom. The van der Waals surface area contributed by atoms with Gasteiger partial charge < -0.3 is 19.7 Å². The quantitative estimate of drug-likeness (QED) is 0.237. The Labute approximate surface area is 240 Å². The molecular formula is C30H30ClF3N4O3. The van der Waals surface area contributed by atoms with Gasteiger partial charge in [-0.05, 0) is 73.2 Å². The zero-order chi connectivity index (χ0) is 29.0. The number of halogens is 4. The molecule has 2 aromatic carbocycles. The largest absolute Gasteiger partial charge is 0.573 e. The number of aryl methyl sites for hydroxylation is 1. The molecule has 7 nitrogen and oxygen atoms in total. The minimum absolute atomic E-state index is 0.185. The van der Waals surface area contributed by atoms with Crippen molar-refractivity contribution in [3.05, 3.63) is 88.8 Å². The number of anilines is 1. The van der Waals surface area contributed by atoms with E-state index in [9.17, 15) is 18.0 Å². The molecule has 2 aromatic heterocycles. The number of carbonyl (C=O) groups excluding carboxylic acids is 1. The lowest BCUT2D eigenvalue weighted by Crippen LogP contribution is -2.35. The van der Waals surface area contributed by atoms with Crippen LogP contribution in [0.25, 0.3) is 5.65 Å². The normalized spacial score (nSPS) is 14.3. The topological polar surface area (TPSA) is 68.1 Å². The SMILES string of the molecule is CCc1nc2cc(Cl)ccn2c1C(=O)NCc1ccc(N2CCC(COc3ccc(OC(F)(F)F)cc3)CC2)cc1. The third kappa shape index (κ3) is 7.24. The number of carbonyl (C=O) groups is 1. The summed E-state index contributed by atoms with van der Waals surface area (Å²) in [6.07, 6.45) is -0.433. The zero-order valence-electron chi connectivity index (χ0n) is 22.5. The van der Waals surface area contributed by atoms with E-state index in [1.807, 2.05) is 19.1 Å². The number of pyridine rings is 1. The molecule has 4 aromatic rings. The first-order valence-electron chi connectivity index (χ1n) is 13.5. The molecule has 1 aliphatic rings. The fraction of sp³-hybridized carbons (Fsp3) is 0.333. The number of ether oxygens (including phenoxy) is 2. The molecule has 11 heteroatoms. The van der Waals surface area contributed by atoms with Crippen molar-refractivity contribution in [2.45, 2.75) is 39.1 Å². The molecule has 0 spiro atoms. The maximum atomic E-state index is 13.0. The van der Waals surface area contributed by atoms with Crippen molar-refractivity contribution in [2.75, 3.05) is 24.6 Å². The van der Waals surface area contributed by atoms with Crippen molar-refractivity contribution in [3.8, 4) is 11.5 Å². The van der Waals surface area contributed by atoms with E-state index in [0.717, 1.165) is 42.9 Å². The average Bonchev–Trinajstić information content (AvgIpc) is 3.33. The third-order valence-electron chi connectivity index (χ3n) is 7.12. The molecule has 0 saturated carbocycles. The van der Waals surface area contributed by atoms with Crippen LogP contribution >= 0.6 is 11.6 Å². The molecule has 216 valence electrons. The van der Waals surface area contributed by atoms with E-state index in [0.29, 0.717) is 47.6 Å². The van der Waals surface area contributed by atoms with Crippen LogP contribution in [-0.4, -0.2) is 41.4 Å². The first-order valence-corrected chi connectivity index (χ1v) is 13.8. The van der Waals surface area contributed by atoms with Crippen molar-refractivity contribution in [1.29, 1.82) is 0 Å². The highest BCUT2D eigenvalue weighted by Gasteiger charge is 2.31. The van der Waals surface area contributed by atoms with Crippen LogP contribution in [0.5, 0.6) is 11.5 Å². The maximum Gasteiger partial charge on any atom is 0.573 e. The molecule has 3 heterocycles. The van der Waals surface area contributed by atoms with Gasteiger partial charge in [0.2, 0.25) is 0 Å². The molecule has 0 atom stereocenters. The van der Waals surface area contributed by atoms with Crippen molar-refractivity contribution in [3.63, 3.8) is 0 Å². The smallest absolute Gasteiger partial charge is 0.493 e. The molecule has 0 aliphatic carbocycles. The summed E-state index contributed by atoms with van der Waals surface area (Å²) in [4.78, 5) is 19.9. The lowest BCUT2D eigenvalue weighted by Gasteiger charge is -2.33. The van der Waals surface area contributed by atoms with E-state index in [1.54, 1.807) is 22.7 Å². The summed E-state index contributed by atoms with van der Waals surface area (Å²) >= 11 is 6.08. The van der Waals surface area contributed by atoms with Crippen molar-refractivity contribution in [1.82, 2.24) is 14.7 Å². The summed E-state index contributed by atoms with van der Waals surface area (Å²) < 4.78 is 48.4. The molecule has 1 saturated heterocycles. The van der Waals surface area contributed by atoms with E-state index in [-0.39, 0.29) is 11.7 Å². The molecule has 0 radical (unpaired) electrons. The Balaban J connectivity index is 1.09. The predicted octanol–water partition coefficient (Wildman–Crippen LogP) is 6.67. The number of nitrogens with zero attached hydrogens (tertiary/aromatic N) is 3. The van der Waals surface area contributed by atoms with Crippen LogP contribution in [-0.2, 0) is 13.0 Å². The summed E-state index contributed by atoms with van der Waals surface area (Å²) in [6.45, 7) is 4.62. The lowest BCUT2D eigenvalue weighted by atomic mass is 9.97. The number of hydrogen-bond acceptors (Lipinski definition) is 5. The number of imidazole rings is 1. The van der Waals surface area contributed by atoms with Crippen LogP contribution in [0.2, 0.25) is 5.02 Å². The van der Waals surface area contributed by atoms with E-state index in [4.69, 9.17) is 16.3 Å². The van der Waals surface area contributed by atoms with Gasteiger partial charge in [-0.25, -0.2) is 4.98 Å². The van der Waals surface area contributed by atoms with Gasteiger partial charge in [0.05, 0.1) is 12.3 Å². The second-order valence-electron chi connectivity index (χ2n) is 9.94. The summed E-state index contributed by atoms with van der Waals surface area (Å²) in [5.41, 5.74) is 4.00. The predicted molar refractivity (Wildman–Crippen MR) is 151 cm³/mol. The van der Waals surface area contributed by atoms with Crippen molar-refractivity contribution in [2.24, 2.45) is 5.92 Å². The van der Waals surface area contributed by atoms with Gasteiger partial charge in [-0.1, -0.05) is 30.7 Å². The number of aromatic nitrogens is 2. The van der Waals surface area contributed by atoms with Gasteiger partial charge in [-0.15, -0.1) is 13.2 Å². The fourth-order valence-electron chi connectivity index (χ4n) is 4.96. The van der Waals surface area contributed by atoms with Crippen LogP contribution in [0.4, 0.5) is 18.9 Å². The summed E-state index contributed by atoms with van der Waals surface area (Å²) in [5.74, 6) is 0.419. The van der Waals surface area contributed by atoms with E-state index >= 15 is 0 Å². The number of rotatable bonds is 9. The van der Waals surface area contributed by atoms with E-state index in [2.05, 4.69) is 32.1 Å². The van der Waals surface area contributed by atoms with Crippen LogP contribution in [0.15, 0.2) is 66.9 Å². The molecule has 1 aliphatic heterocycles. The van der Waals surface area contributed by atoms with E-state index < -0.39 is 6.36 Å². The van der Waals surface area contributed by atoms with Gasteiger partial charge >= 0.3 is 6.36 Å². The van der Waals surface area contributed by atoms with Crippen LogP contribution in [0, 0.1) is 5.92 Å². The fourth-order valence-corrected chi connectivity index (χ4v) is 5.11. The zero-order valence-corrected chi connectivity index (χ0v) is 23.2. The Bertz CT molecular complexity index is 1480. The van der Waals surface area contributed by atoms with Gasteiger partial charge in [0.15, 0.2) is 0 Å². The number of amides is 1. The highest BCUT2D eigenvalue weighted by molar-refractivity contribution is 6.30. The molecule has 0 bridgehead atoms. The summed E-state index contributed by atoms with van der Waals surface area (Å²) in [7, 11) is 0. The number of hydrogen-bond donors (Lipinski definition) is 1. The number of fused-ring (bicyclic) bond motifs is 1. The molecule has 5 rings (SSSR count). The Kier molecular flexibility index (Phi) is 8.58. The van der Waals surface area contributed by atoms with Gasteiger partial charge in [0.1, 0.15) is 22.8 Å². The molecule has 1 N–H and O–H groups in total. The molecule has 1 fully saturated rings. The first kappa shape index (κ1) is 28.6. The van der Waals surface area contributed by atoms with Crippen LogP contribution in [0.1, 0.15) is 41.5 Å². The van der Waals surface area contributed by atoms with Gasteiger partial charge in [0.25, 0.3) is 5.91 Å². The minimum Gasteiger partial charge on any atom is -0.493 e. The number of benzene rings is 2. The van der Waals surface area contributed by atoms with E-state index in [1.165, 1.54) is 24.3 Å². The molecule has 0 unspecified atom stereocenters. The molecular weight excluding hydrogens is 557 g/mol. The number of piperidine rings is 1. The van der Waals surface area contributed by atoms with Crippen LogP contribution in [0.3, 0.4) is 0 Å².